The molecular weight excluding hydrogens is 296 g/mol. The first-order valence-corrected chi connectivity index (χ1v) is 7.36. The minimum absolute atomic E-state index is 0.191. The SMILES string of the molecule is COc1ccc([C@@H](C)NC(=O)NCCn2ccnc2)c(OC)c1. The maximum Gasteiger partial charge on any atom is 0.315 e. The van der Waals surface area contributed by atoms with Crippen molar-refractivity contribution in [2.75, 3.05) is 20.8 Å². The molecule has 2 aromatic rings. The van der Waals surface area contributed by atoms with Crippen molar-refractivity contribution < 1.29 is 14.3 Å². The van der Waals surface area contributed by atoms with Gasteiger partial charge in [-0.05, 0) is 19.1 Å². The van der Waals surface area contributed by atoms with E-state index in [-0.39, 0.29) is 12.1 Å². The van der Waals surface area contributed by atoms with E-state index in [0.717, 1.165) is 5.56 Å². The number of urea groups is 1. The quantitative estimate of drug-likeness (QED) is 0.818. The molecule has 23 heavy (non-hydrogen) atoms. The standard InChI is InChI=1S/C16H22N4O3/c1-12(14-5-4-13(22-2)10-15(14)23-3)19-16(21)18-7-9-20-8-6-17-11-20/h4-6,8,10-12H,7,9H2,1-3H3,(H2,18,19,21)/t12-/m1/s1. The van der Waals surface area contributed by atoms with Gasteiger partial charge in [-0.2, -0.15) is 0 Å². The fraction of sp³-hybridized carbons (Fsp3) is 0.375. The van der Waals surface area contributed by atoms with Crippen LogP contribution in [0, 0.1) is 0 Å². The third kappa shape index (κ3) is 4.64. The molecule has 0 bridgehead atoms. The van der Waals surface area contributed by atoms with Crippen molar-refractivity contribution in [3.63, 3.8) is 0 Å². The van der Waals surface area contributed by atoms with E-state index in [9.17, 15) is 4.79 Å². The van der Waals surface area contributed by atoms with E-state index < -0.39 is 0 Å². The Morgan fingerprint density at radius 1 is 1.35 bits per heavy atom. The highest BCUT2D eigenvalue weighted by Gasteiger charge is 2.14. The van der Waals surface area contributed by atoms with Gasteiger partial charge in [0, 0.05) is 37.1 Å². The number of ether oxygens (including phenoxy) is 2. The molecule has 0 saturated carbocycles. The molecule has 0 aliphatic carbocycles. The summed E-state index contributed by atoms with van der Waals surface area (Å²) in [5, 5.41) is 5.71. The lowest BCUT2D eigenvalue weighted by Crippen LogP contribution is -2.38. The lowest BCUT2D eigenvalue weighted by molar-refractivity contribution is 0.237. The molecule has 1 atom stereocenters. The summed E-state index contributed by atoms with van der Waals surface area (Å²) in [7, 11) is 3.19. The Balaban J connectivity index is 1.87. The van der Waals surface area contributed by atoms with E-state index >= 15 is 0 Å². The van der Waals surface area contributed by atoms with Crippen LogP contribution in [-0.2, 0) is 6.54 Å². The first-order chi connectivity index (χ1) is 11.1. The average molecular weight is 318 g/mol. The highest BCUT2D eigenvalue weighted by atomic mass is 16.5. The number of rotatable bonds is 7. The summed E-state index contributed by atoms with van der Waals surface area (Å²) in [5.41, 5.74) is 0.887. The zero-order chi connectivity index (χ0) is 16.7. The normalized spacial score (nSPS) is 11.6. The summed E-state index contributed by atoms with van der Waals surface area (Å²) < 4.78 is 12.4. The molecule has 7 heteroatoms. The van der Waals surface area contributed by atoms with Crippen LogP contribution in [0.5, 0.6) is 11.5 Å². The Hall–Kier alpha value is -2.70. The number of nitrogens with zero attached hydrogens (tertiary/aromatic N) is 2. The van der Waals surface area contributed by atoms with Gasteiger partial charge in [0.15, 0.2) is 0 Å². The molecule has 7 nitrogen and oxygen atoms in total. The predicted molar refractivity (Wildman–Crippen MR) is 86.7 cm³/mol. The van der Waals surface area contributed by atoms with Crippen molar-refractivity contribution in [1.82, 2.24) is 20.2 Å². The van der Waals surface area contributed by atoms with Crippen LogP contribution in [-0.4, -0.2) is 36.3 Å². The summed E-state index contributed by atoms with van der Waals surface area (Å²) in [6.07, 6.45) is 5.27. The number of aromatic nitrogens is 2. The number of amides is 2. The minimum Gasteiger partial charge on any atom is -0.497 e. The van der Waals surface area contributed by atoms with E-state index in [1.807, 2.05) is 29.8 Å². The van der Waals surface area contributed by atoms with E-state index in [2.05, 4.69) is 15.6 Å². The number of benzene rings is 1. The molecule has 0 aliphatic rings. The van der Waals surface area contributed by atoms with Crippen molar-refractivity contribution in [3.8, 4) is 11.5 Å². The third-order valence-electron chi connectivity index (χ3n) is 3.47. The van der Waals surface area contributed by atoms with Gasteiger partial charge in [0.25, 0.3) is 0 Å². The first-order valence-electron chi connectivity index (χ1n) is 7.36. The zero-order valence-electron chi connectivity index (χ0n) is 13.6. The van der Waals surface area contributed by atoms with Crippen LogP contribution >= 0.6 is 0 Å². The smallest absolute Gasteiger partial charge is 0.315 e. The molecular formula is C16H22N4O3. The lowest BCUT2D eigenvalue weighted by Gasteiger charge is -2.18. The zero-order valence-corrected chi connectivity index (χ0v) is 13.6. The largest absolute Gasteiger partial charge is 0.497 e. The molecule has 1 aromatic carbocycles. The van der Waals surface area contributed by atoms with Gasteiger partial charge in [-0.3, -0.25) is 0 Å². The monoisotopic (exact) mass is 318 g/mol. The van der Waals surface area contributed by atoms with Gasteiger partial charge in [0.2, 0.25) is 0 Å². The molecule has 1 heterocycles. The summed E-state index contributed by atoms with van der Waals surface area (Å²) in [6, 6.07) is 5.10. The van der Waals surface area contributed by atoms with E-state index in [4.69, 9.17) is 9.47 Å². The number of hydrogen-bond donors (Lipinski definition) is 2. The molecule has 2 rings (SSSR count). The summed E-state index contributed by atoms with van der Waals surface area (Å²) >= 11 is 0. The predicted octanol–water partition coefficient (Wildman–Crippen LogP) is 1.96. The second-order valence-electron chi connectivity index (χ2n) is 5.03. The molecule has 0 aliphatic heterocycles. The molecule has 0 radical (unpaired) electrons. The third-order valence-corrected chi connectivity index (χ3v) is 3.47. The number of hydrogen-bond acceptors (Lipinski definition) is 4. The highest BCUT2D eigenvalue weighted by Crippen LogP contribution is 2.29. The Kier molecular flexibility index (Phi) is 5.85. The average Bonchev–Trinajstić information content (AvgIpc) is 3.07. The molecule has 0 fully saturated rings. The van der Waals surface area contributed by atoms with Gasteiger partial charge in [-0.15, -0.1) is 0 Å². The van der Waals surface area contributed by atoms with Crippen LogP contribution in [0.15, 0.2) is 36.9 Å². The highest BCUT2D eigenvalue weighted by molar-refractivity contribution is 5.74. The van der Waals surface area contributed by atoms with Crippen LogP contribution < -0.4 is 20.1 Å². The maximum absolute atomic E-state index is 12.0. The number of methoxy groups -OCH3 is 2. The molecule has 2 amide bonds. The number of carbonyl (C=O) groups excluding carboxylic acids is 1. The lowest BCUT2D eigenvalue weighted by atomic mass is 10.1. The number of imidazole rings is 1. The molecule has 1 aromatic heterocycles. The van der Waals surface area contributed by atoms with Crippen LogP contribution in [0.2, 0.25) is 0 Å². The molecule has 2 N–H and O–H groups in total. The van der Waals surface area contributed by atoms with Crippen molar-refractivity contribution in [2.45, 2.75) is 19.5 Å². The van der Waals surface area contributed by atoms with Gasteiger partial charge in [0.05, 0.1) is 26.6 Å². The Morgan fingerprint density at radius 2 is 2.17 bits per heavy atom. The Morgan fingerprint density at radius 3 is 2.83 bits per heavy atom. The first kappa shape index (κ1) is 16.7. The van der Waals surface area contributed by atoms with E-state index in [1.165, 1.54) is 0 Å². The number of nitrogens with one attached hydrogen (secondary N) is 2. The minimum atomic E-state index is -0.226. The van der Waals surface area contributed by atoms with Crippen LogP contribution in [0.25, 0.3) is 0 Å². The molecule has 0 spiro atoms. The maximum atomic E-state index is 12.0. The van der Waals surface area contributed by atoms with Gasteiger partial charge < -0.3 is 24.7 Å². The summed E-state index contributed by atoms with van der Waals surface area (Å²) in [6.45, 7) is 3.10. The fourth-order valence-electron chi connectivity index (χ4n) is 2.22. The van der Waals surface area contributed by atoms with Crippen molar-refractivity contribution >= 4 is 6.03 Å². The van der Waals surface area contributed by atoms with E-state index in [1.54, 1.807) is 32.8 Å². The van der Waals surface area contributed by atoms with Crippen molar-refractivity contribution in [1.29, 1.82) is 0 Å². The second kappa shape index (κ2) is 8.07. The number of carbonyl (C=O) groups is 1. The Bertz CT molecular complexity index is 628. The fourth-order valence-corrected chi connectivity index (χ4v) is 2.22. The summed E-state index contributed by atoms with van der Waals surface area (Å²) in [4.78, 5) is 15.9. The molecule has 124 valence electrons. The Labute approximate surface area is 135 Å². The van der Waals surface area contributed by atoms with Crippen molar-refractivity contribution in [2.24, 2.45) is 0 Å². The van der Waals surface area contributed by atoms with Crippen LogP contribution in [0.1, 0.15) is 18.5 Å². The van der Waals surface area contributed by atoms with Crippen LogP contribution in [0.4, 0.5) is 4.79 Å². The van der Waals surface area contributed by atoms with Crippen molar-refractivity contribution in [3.05, 3.63) is 42.5 Å². The van der Waals surface area contributed by atoms with Gasteiger partial charge in [-0.1, -0.05) is 0 Å². The summed E-state index contributed by atoms with van der Waals surface area (Å²) in [5.74, 6) is 1.39. The topological polar surface area (TPSA) is 77.4 Å². The van der Waals surface area contributed by atoms with Gasteiger partial charge in [0.1, 0.15) is 11.5 Å². The van der Waals surface area contributed by atoms with Gasteiger partial charge in [-0.25, -0.2) is 9.78 Å². The second-order valence-corrected chi connectivity index (χ2v) is 5.03. The van der Waals surface area contributed by atoms with Crippen LogP contribution in [0.3, 0.4) is 0 Å². The molecule has 0 saturated heterocycles. The molecule has 0 unspecified atom stereocenters. The van der Waals surface area contributed by atoms with E-state index in [0.29, 0.717) is 24.6 Å². The van der Waals surface area contributed by atoms with Gasteiger partial charge >= 0.3 is 6.03 Å².